The van der Waals surface area contributed by atoms with E-state index in [2.05, 4.69) is 17.6 Å². The zero-order chi connectivity index (χ0) is 19.8. The Hall–Kier alpha value is -2.12. The van der Waals surface area contributed by atoms with E-state index in [0.717, 1.165) is 19.3 Å². The molecular formula is C19H27ClN4O3. The second kappa shape index (κ2) is 10.3. The molecule has 0 spiro atoms. The minimum atomic E-state index is -0.321. The summed E-state index contributed by atoms with van der Waals surface area (Å²) >= 11 is 6.03. The predicted molar refractivity (Wildman–Crippen MR) is 106 cm³/mol. The van der Waals surface area contributed by atoms with Gasteiger partial charge in [0.25, 0.3) is 0 Å². The van der Waals surface area contributed by atoms with Crippen LogP contribution < -0.4 is 10.6 Å². The van der Waals surface area contributed by atoms with Crippen molar-refractivity contribution in [1.82, 2.24) is 15.1 Å². The number of halogens is 1. The van der Waals surface area contributed by atoms with E-state index in [1.54, 1.807) is 31.3 Å². The molecule has 0 radical (unpaired) electrons. The molecule has 27 heavy (non-hydrogen) atoms. The average Bonchev–Trinajstić information content (AvgIpc) is 2.63. The van der Waals surface area contributed by atoms with Gasteiger partial charge in [0, 0.05) is 20.1 Å². The molecule has 8 heteroatoms. The van der Waals surface area contributed by atoms with Crippen LogP contribution >= 0.6 is 11.6 Å². The SMILES string of the molecule is CCCC[C@@H]1C(=O)NCCN1CC(=O)N(C)CC(=O)Nc1ccccc1Cl. The molecule has 1 aliphatic heterocycles. The molecule has 3 amide bonds. The lowest BCUT2D eigenvalue weighted by Gasteiger charge is -2.35. The van der Waals surface area contributed by atoms with Gasteiger partial charge >= 0.3 is 0 Å². The Morgan fingerprint density at radius 2 is 2.11 bits per heavy atom. The molecule has 148 valence electrons. The van der Waals surface area contributed by atoms with Crippen LogP contribution in [-0.2, 0) is 14.4 Å². The van der Waals surface area contributed by atoms with Crippen molar-refractivity contribution in [3.63, 3.8) is 0 Å². The third kappa shape index (κ3) is 6.22. The molecule has 7 nitrogen and oxygen atoms in total. The Balaban J connectivity index is 1.89. The molecule has 1 aromatic rings. The number of benzene rings is 1. The summed E-state index contributed by atoms with van der Waals surface area (Å²) in [6, 6.07) is 6.65. The number of hydrogen-bond donors (Lipinski definition) is 2. The Labute approximate surface area is 165 Å². The lowest BCUT2D eigenvalue weighted by atomic mass is 10.1. The minimum Gasteiger partial charge on any atom is -0.353 e. The molecule has 1 fully saturated rings. The van der Waals surface area contributed by atoms with Gasteiger partial charge in [0.2, 0.25) is 17.7 Å². The zero-order valence-corrected chi connectivity index (χ0v) is 16.6. The molecule has 1 heterocycles. The number of anilines is 1. The summed E-state index contributed by atoms with van der Waals surface area (Å²) in [5.41, 5.74) is 0.511. The molecule has 2 rings (SSSR count). The number of carbonyl (C=O) groups excluding carboxylic acids is 3. The average molecular weight is 395 g/mol. The van der Waals surface area contributed by atoms with E-state index >= 15 is 0 Å². The first-order valence-electron chi connectivity index (χ1n) is 9.22. The van der Waals surface area contributed by atoms with Gasteiger partial charge < -0.3 is 15.5 Å². The van der Waals surface area contributed by atoms with Gasteiger partial charge in [0.1, 0.15) is 0 Å². The molecule has 2 N–H and O–H groups in total. The molecule has 0 aromatic heterocycles. The second-order valence-corrected chi connectivity index (χ2v) is 7.10. The van der Waals surface area contributed by atoms with Gasteiger partial charge in [-0.2, -0.15) is 0 Å². The highest BCUT2D eigenvalue weighted by Crippen LogP contribution is 2.20. The first-order valence-corrected chi connectivity index (χ1v) is 9.60. The molecule has 0 unspecified atom stereocenters. The monoisotopic (exact) mass is 394 g/mol. The summed E-state index contributed by atoms with van der Waals surface area (Å²) in [5, 5.41) is 6.00. The quantitative estimate of drug-likeness (QED) is 0.703. The lowest BCUT2D eigenvalue weighted by molar-refractivity contribution is -0.137. The lowest BCUT2D eigenvalue weighted by Crippen LogP contribution is -2.57. The number of nitrogens with zero attached hydrogens (tertiary/aromatic N) is 2. The number of nitrogens with one attached hydrogen (secondary N) is 2. The highest BCUT2D eigenvalue weighted by molar-refractivity contribution is 6.33. The van der Waals surface area contributed by atoms with E-state index in [1.165, 1.54) is 4.90 Å². The number of rotatable bonds is 8. The van der Waals surface area contributed by atoms with Gasteiger partial charge in [-0.15, -0.1) is 0 Å². The van der Waals surface area contributed by atoms with Crippen molar-refractivity contribution in [3.05, 3.63) is 29.3 Å². The second-order valence-electron chi connectivity index (χ2n) is 6.70. The third-order valence-electron chi connectivity index (χ3n) is 4.57. The van der Waals surface area contributed by atoms with E-state index in [-0.39, 0.29) is 36.9 Å². The van der Waals surface area contributed by atoms with Crippen molar-refractivity contribution in [1.29, 1.82) is 0 Å². The number of likely N-dealkylation sites (N-methyl/N-ethyl adjacent to an activating group) is 1. The Kier molecular flexibility index (Phi) is 8.06. The van der Waals surface area contributed by atoms with Crippen molar-refractivity contribution in [2.45, 2.75) is 32.2 Å². The van der Waals surface area contributed by atoms with Gasteiger partial charge in [-0.3, -0.25) is 19.3 Å². The Morgan fingerprint density at radius 1 is 1.37 bits per heavy atom. The van der Waals surface area contributed by atoms with E-state index < -0.39 is 0 Å². The molecule has 0 aliphatic carbocycles. The Bertz CT molecular complexity index is 683. The van der Waals surface area contributed by atoms with Crippen molar-refractivity contribution in [2.75, 3.05) is 38.5 Å². The first-order chi connectivity index (χ1) is 12.9. The molecule has 1 aromatic carbocycles. The smallest absolute Gasteiger partial charge is 0.244 e. The topological polar surface area (TPSA) is 81.8 Å². The Morgan fingerprint density at radius 3 is 2.81 bits per heavy atom. The van der Waals surface area contributed by atoms with Crippen molar-refractivity contribution in [3.8, 4) is 0 Å². The van der Waals surface area contributed by atoms with Gasteiger partial charge in [-0.05, 0) is 18.6 Å². The van der Waals surface area contributed by atoms with E-state index in [9.17, 15) is 14.4 Å². The summed E-state index contributed by atoms with van der Waals surface area (Å²) in [4.78, 5) is 40.1. The molecule has 1 aliphatic rings. The zero-order valence-electron chi connectivity index (χ0n) is 15.8. The molecule has 1 atom stereocenters. The number of carbonyl (C=O) groups is 3. The number of amides is 3. The van der Waals surface area contributed by atoms with Crippen molar-refractivity contribution < 1.29 is 14.4 Å². The van der Waals surface area contributed by atoms with Gasteiger partial charge in [0.05, 0.1) is 29.8 Å². The summed E-state index contributed by atoms with van der Waals surface area (Å²) in [5.74, 6) is -0.542. The molecular weight excluding hydrogens is 368 g/mol. The van der Waals surface area contributed by atoms with E-state index in [4.69, 9.17) is 11.6 Å². The number of piperazine rings is 1. The summed E-state index contributed by atoms with van der Waals surface area (Å²) < 4.78 is 0. The van der Waals surface area contributed by atoms with Crippen molar-refractivity contribution in [2.24, 2.45) is 0 Å². The fraction of sp³-hybridized carbons (Fsp3) is 0.526. The number of unbranched alkanes of at least 4 members (excludes halogenated alkanes) is 1. The minimum absolute atomic E-state index is 0.0263. The molecule has 0 bridgehead atoms. The standard InChI is InChI=1S/C19H27ClN4O3/c1-3-4-9-16-19(27)21-10-11-24(16)13-18(26)23(2)12-17(25)22-15-8-6-5-7-14(15)20/h5-8,16H,3-4,9-13H2,1-2H3,(H,21,27)(H,22,25)/t16-/m1/s1. The van der Waals surface area contributed by atoms with Crippen LogP contribution in [0.5, 0.6) is 0 Å². The van der Waals surface area contributed by atoms with Gasteiger partial charge in [0.15, 0.2) is 0 Å². The summed E-state index contributed by atoms with van der Waals surface area (Å²) in [6.07, 6.45) is 2.65. The largest absolute Gasteiger partial charge is 0.353 e. The van der Waals surface area contributed by atoms with Crippen molar-refractivity contribution >= 4 is 35.0 Å². The van der Waals surface area contributed by atoms with Crippen LogP contribution in [0.1, 0.15) is 26.2 Å². The molecule has 0 saturated carbocycles. The maximum Gasteiger partial charge on any atom is 0.244 e. The normalized spacial score (nSPS) is 17.3. The van der Waals surface area contributed by atoms with Crippen LogP contribution in [0.3, 0.4) is 0 Å². The van der Waals surface area contributed by atoms with E-state index in [0.29, 0.717) is 23.8 Å². The number of hydrogen-bond acceptors (Lipinski definition) is 4. The van der Waals surface area contributed by atoms with Crippen LogP contribution in [0.2, 0.25) is 5.02 Å². The fourth-order valence-corrected chi connectivity index (χ4v) is 3.20. The van der Waals surface area contributed by atoms with Crippen LogP contribution in [-0.4, -0.2) is 66.8 Å². The highest BCUT2D eigenvalue weighted by Gasteiger charge is 2.31. The van der Waals surface area contributed by atoms with Crippen LogP contribution in [0, 0.1) is 0 Å². The molecule has 1 saturated heterocycles. The van der Waals surface area contributed by atoms with Gasteiger partial charge in [-0.1, -0.05) is 43.5 Å². The summed E-state index contributed by atoms with van der Waals surface area (Å²) in [7, 11) is 1.58. The maximum absolute atomic E-state index is 12.5. The fourth-order valence-electron chi connectivity index (χ4n) is 3.01. The van der Waals surface area contributed by atoms with Gasteiger partial charge in [-0.25, -0.2) is 0 Å². The summed E-state index contributed by atoms with van der Waals surface area (Å²) in [6.45, 7) is 3.28. The van der Waals surface area contributed by atoms with Crippen LogP contribution in [0.25, 0.3) is 0 Å². The maximum atomic E-state index is 12.5. The third-order valence-corrected chi connectivity index (χ3v) is 4.90. The van der Waals surface area contributed by atoms with Crippen LogP contribution in [0.15, 0.2) is 24.3 Å². The predicted octanol–water partition coefficient (Wildman–Crippen LogP) is 1.73. The highest BCUT2D eigenvalue weighted by atomic mass is 35.5. The van der Waals surface area contributed by atoms with Crippen LogP contribution in [0.4, 0.5) is 5.69 Å². The number of para-hydroxylation sites is 1. The first kappa shape index (κ1) is 21.2. The van der Waals surface area contributed by atoms with E-state index in [1.807, 2.05) is 4.90 Å².